The fourth-order valence-electron chi connectivity index (χ4n) is 2.24. The quantitative estimate of drug-likeness (QED) is 0.769. The fourth-order valence-corrected chi connectivity index (χ4v) is 2.76. The van der Waals surface area contributed by atoms with Crippen molar-refractivity contribution in [1.82, 2.24) is 5.32 Å². The number of hydrogen-bond acceptors (Lipinski definition) is 6. The normalized spacial score (nSPS) is 16.2. The minimum absolute atomic E-state index is 0.121. The smallest absolute Gasteiger partial charge is 0.418 e. The number of aliphatic hydroxyl groups excluding tert-OH is 1. The van der Waals surface area contributed by atoms with Gasteiger partial charge in [-0.15, -0.1) is 0 Å². The van der Waals surface area contributed by atoms with E-state index < -0.39 is 27.9 Å². The average Bonchev–Trinajstić information content (AvgIpc) is 3.02. The molecule has 25 heavy (non-hydrogen) atoms. The number of aliphatic hydroxyl groups is 1. The van der Waals surface area contributed by atoms with Gasteiger partial charge in [0.05, 0.1) is 24.1 Å². The zero-order valence-electron chi connectivity index (χ0n) is 13.5. The molecule has 140 valence electrons. The van der Waals surface area contributed by atoms with Gasteiger partial charge in [0.2, 0.25) is 10.0 Å². The maximum atomic E-state index is 13.1. The molecule has 1 aliphatic heterocycles. The van der Waals surface area contributed by atoms with Crippen LogP contribution in [0.5, 0.6) is 5.75 Å². The molecule has 2 rings (SSSR count). The number of ether oxygens (including phenoxy) is 1. The highest BCUT2D eigenvalue weighted by molar-refractivity contribution is 7.92. The van der Waals surface area contributed by atoms with Crippen LogP contribution < -0.4 is 14.4 Å². The minimum Gasteiger partial charge on any atom is -0.485 e. The predicted octanol–water partition coefficient (Wildman–Crippen LogP) is 1.06. The average molecular weight is 381 g/mol. The number of aliphatic imine (C=N–C) groups is 1. The van der Waals surface area contributed by atoms with Crippen molar-refractivity contribution < 1.29 is 31.4 Å². The van der Waals surface area contributed by atoms with E-state index in [9.17, 15) is 26.7 Å². The zero-order valence-corrected chi connectivity index (χ0v) is 14.4. The van der Waals surface area contributed by atoms with E-state index in [1.165, 1.54) is 18.2 Å². The van der Waals surface area contributed by atoms with Crippen LogP contribution in [0.25, 0.3) is 0 Å². The Labute approximate surface area is 143 Å². The van der Waals surface area contributed by atoms with Crippen molar-refractivity contribution in [2.24, 2.45) is 4.99 Å². The first-order valence-electron chi connectivity index (χ1n) is 7.23. The Morgan fingerprint density at radius 3 is 2.64 bits per heavy atom. The number of hydrogen-bond donors (Lipinski definition) is 2. The third-order valence-electron chi connectivity index (χ3n) is 3.57. The van der Waals surface area contributed by atoms with Crippen molar-refractivity contribution in [2.75, 3.05) is 37.3 Å². The van der Waals surface area contributed by atoms with Crippen LogP contribution in [0.4, 0.5) is 18.9 Å². The van der Waals surface area contributed by atoms with Crippen LogP contribution >= 0.6 is 0 Å². The van der Waals surface area contributed by atoms with Gasteiger partial charge < -0.3 is 15.2 Å². The van der Waals surface area contributed by atoms with Crippen LogP contribution in [0.3, 0.4) is 0 Å². The molecule has 1 atom stereocenters. The Morgan fingerprint density at radius 2 is 2.12 bits per heavy atom. The molecule has 2 N–H and O–H groups in total. The number of halogens is 3. The summed E-state index contributed by atoms with van der Waals surface area (Å²) in [5.74, 6) is 0.198. The van der Waals surface area contributed by atoms with E-state index in [2.05, 4.69) is 10.3 Å². The number of nitrogens with zero attached hydrogens (tertiary/aromatic N) is 2. The van der Waals surface area contributed by atoms with Crippen LogP contribution in [0.15, 0.2) is 23.2 Å². The number of sulfonamides is 1. The molecule has 0 fully saturated rings. The molecule has 1 aromatic rings. The Balaban J connectivity index is 2.47. The topological polar surface area (TPSA) is 91.2 Å². The summed E-state index contributed by atoms with van der Waals surface area (Å²) in [5.41, 5.74) is -0.979. The van der Waals surface area contributed by atoms with Gasteiger partial charge in [0.1, 0.15) is 18.2 Å². The molecular weight excluding hydrogens is 363 g/mol. The van der Waals surface area contributed by atoms with Crippen LogP contribution in [-0.2, 0) is 10.0 Å². The molecule has 1 unspecified atom stereocenters. The number of rotatable bonds is 6. The first kappa shape index (κ1) is 19.3. The van der Waals surface area contributed by atoms with Gasteiger partial charge in [0.15, 0.2) is 6.10 Å². The van der Waals surface area contributed by atoms with Crippen molar-refractivity contribution in [1.29, 1.82) is 0 Å². The summed E-state index contributed by atoms with van der Waals surface area (Å²) in [6.45, 7) is 1.02. The van der Waals surface area contributed by atoms with Crippen molar-refractivity contribution in [3.8, 4) is 5.75 Å². The highest BCUT2D eigenvalue weighted by Gasteiger charge is 2.43. The second kappa shape index (κ2) is 7.08. The predicted molar refractivity (Wildman–Crippen MR) is 86.5 cm³/mol. The lowest BCUT2D eigenvalue weighted by molar-refractivity contribution is -0.207. The van der Waals surface area contributed by atoms with E-state index in [-0.39, 0.29) is 18.0 Å². The molecule has 0 bridgehead atoms. The van der Waals surface area contributed by atoms with Crippen LogP contribution in [0.1, 0.15) is 11.7 Å². The van der Waals surface area contributed by atoms with E-state index in [1.54, 1.807) is 0 Å². The lowest BCUT2D eigenvalue weighted by Crippen LogP contribution is -2.30. The standard InChI is InChI=1S/C14H18F3N3O4S/c1-20(25(2,22)23)9-4-3-5-10(12(9)13(21)14(15,16)17)24-8-11-18-6-7-19-11/h3-5,13,21H,6-8H2,1-2H3,(H,18,19). The molecular formula is C14H18F3N3O4S. The molecule has 0 spiro atoms. The maximum Gasteiger partial charge on any atom is 0.418 e. The Hall–Kier alpha value is -2.01. The first-order valence-corrected chi connectivity index (χ1v) is 9.08. The Bertz CT molecular complexity index is 765. The summed E-state index contributed by atoms with van der Waals surface area (Å²) < 4.78 is 68.7. The second-order valence-electron chi connectivity index (χ2n) is 5.41. The molecule has 1 aliphatic rings. The van der Waals surface area contributed by atoms with E-state index in [4.69, 9.17) is 4.74 Å². The van der Waals surface area contributed by atoms with Gasteiger partial charge in [-0.2, -0.15) is 13.2 Å². The highest BCUT2D eigenvalue weighted by Crippen LogP contribution is 2.42. The van der Waals surface area contributed by atoms with E-state index in [0.29, 0.717) is 23.2 Å². The molecule has 1 heterocycles. The van der Waals surface area contributed by atoms with E-state index in [0.717, 1.165) is 13.3 Å². The van der Waals surface area contributed by atoms with Gasteiger partial charge in [-0.3, -0.25) is 9.30 Å². The highest BCUT2D eigenvalue weighted by atomic mass is 32.2. The summed E-state index contributed by atoms with van der Waals surface area (Å²) in [6.07, 6.45) is -7.04. The molecule has 0 saturated heterocycles. The number of anilines is 1. The summed E-state index contributed by atoms with van der Waals surface area (Å²) in [4.78, 5) is 4.06. The molecule has 1 aromatic carbocycles. The Kier molecular flexibility index (Phi) is 5.47. The minimum atomic E-state index is -4.99. The second-order valence-corrected chi connectivity index (χ2v) is 7.42. The SMILES string of the molecule is CN(c1cccc(OCC2=NCCN2)c1C(O)C(F)(F)F)S(C)(=O)=O. The van der Waals surface area contributed by atoms with Crippen molar-refractivity contribution >= 4 is 21.5 Å². The molecule has 0 aromatic heterocycles. The fraction of sp³-hybridized carbons (Fsp3) is 0.500. The van der Waals surface area contributed by atoms with Gasteiger partial charge in [-0.1, -0.05) is 6.07 Å². The van der Waals surface area contributed by atoms with Crippen molar-refractivity contribution in [3.05, 3.63) is 23.8 Å². The molecule has 7 nitrogen and oxygen atoms in total. The molecule has 0 aliphatic carbocycles. The van der Waals surface area contributed by atoms with Gasteiger partial charge in [0, 0.05) is 13.6 Å². The summed E-state index contributed by atoms with van der Waals surface area (Å²) in [7, 11) is -2.74. The molecule has 11 heteroatoms. The molecule has 0 amide bonds. The number of amidine groups is 1. The van der Waals surface area contributed by atoms with Crippen molar-refractivity contribution in [2.45, 2.75) is 12.3 Å². The van der Waals surface area contributed by atoms with Gasteiger partial charge in [-0.05, 0) is 12.1 Å². The summed E-state index contributed by atoms with van der Waals surface area (Å²) in [6, 6.07) is 3.76. The van der Waals surface area contributed by atoms with Crippen LogP contribution in [0.2, 0.25) is 0 Å². The maximum absolute atomic E-state index is 13.1. The summed E-state index contributed by atoms with van der Waals surface area (Å²) >= 11 is 0. The lowest BCUT2D eigenvalue weighted by Gasteiger charge is -2.26. The van der Waals surface area contributed by atoms with Gasteiger partial charge in [-0.25, -0.2) is 8.42 Å². The van der Waals surface area contributed by atoms with Crippen LogP contribution in [-0.4, -0.2) is 58.5 Å². The third-order valence-corrected chi connectivity index (χ3v) is 4.76. The number of alkyl halides is 3. The third kappa shape index (κ3) is 4.54. The van der Waals surface area contributed by atoms with Crippen LogP contribution in [0, 0.1) is 0 Å². The van der Waals surface area contributed by atoms with Crippen molar-refractivity contribution in [3.63, 3.8) is 0 Å². The van der Waals surface area contributed by atoms with E-state index >= 15 is 0 Å². The lowest BCUT2D eigenvalue weighted by atomic mass is 10.1. The number of nitrogens with one attached hydrogen (secondary N) is 1. The largest absolute Gasteiger partial charge is 0.485 e. The first-order chi connectivity index (χ1) is 11.5. The zero-order chi connectivity index (χ0) is 18.8. The molecule has 0 radical (unpaired) electrons. The number of benzene rings is 1. The van der Waals surface area contributed by atoms with Gasteiger partial charge >= 0.3 is 6.18 Å². The molecule has 0 saturated carbocycles. The Morgan fingerprint density at radius 1 is 1.44 bits per heavy atom. The van der Waals surface area contributed by atoms with Gasteiger partial charge in [0.25, 0.3) is 0 Å². The van der Waals surface area contributed by atoms with E-state index in [1.807, 2.05) is 0 Å². The monoisotopic (exact) mass is 381 g/mol. The summed E-state index contributed by atoms with van der Waals surface area (Å²) in [5, 5.41) is 12.7.